The fourth-order valence-electron chi connectivity index (χ4n) is 6.29. The summed E-state index contributed by atoms with van der Waals surface area (Å²) in [6, 6.07) is 0. The van der Waals surface area contributed by atoms with Gasteiger partial charge in [-0.1, -0.05) is 201 Å². The summed E-state index contributed by atoms with van der Waals surface area (Å²) < 4.78 is 16.6. The van der Waals surface area contributed by atoms with Gasteiger partial charge in [0.2, 0.25) is 0 Å². The van der Waals surface area contributed by atoms with Crippen molar-refractivity contribution in [2.24, 2.45) is 0 Å². The van der Waals surface area contributed by atoms with Crippen LogP contribution in [0.25, 0.3) is 0 Å². The highest BCUT2D eigenvalue weighted by atomic mass is 16.6. The Balaban J connectivity index is 4.42. The lowest BCUT2D eigenvalue weighted by atomic mass is 10.1. The van der Waals surface area contributed by atoms with Gasteiger partial charge in [-0.25, -0.2) is 0 Å². The van der Waals surface area contributed by atoms with Crippen LogP contribution in [0.5, 0.6) is 0 Å². The molecule has 0 spiro atoms. The number of carbonyl (C=O) groups excluding carboxylic acids is 3. The van der Waals surface area contributed by atoms with E-state index in [9.17, 15) is 14.4 Å². The lowest BCUT2D eigenvalue weighted by Crippen LogP contribution is -2.30. The standard InChI is InChI=1S/C56H90O6/c1-4-7-10-13-16-19-21-23-24-25-26-27-28-29-30-31-32-34-35-37-40-43-46-49-55(58)61-52-53(51-60-54(57)48-45-42-39-18-15-12-9-6-3)62-56(59)50-47-44-41-38-36-33-22-20-17-14-11-8-5-2/h7,10-11,14,16,19-20,22-24,26-27,29-30,32,34,37,40,53H,4-6,8-9,12-13,15,17-18,21,25,28,31,33,35-36,38-39,41-52H2,1-3H3/b10-7-,14-11-,19-16-,22-20-,24-23-,27-26-,30-29-,34-32-,40-37-. The highest BCUT2D eigenvalue weighted by molar-refractivity contribution is 5.71. The van der Waals surface area contributed by atoms with Crippen molar-refractivity contribution in [3.05, 3.63) is 109 Å². The zero-order valence-corrected chi connectivity index (χ0v) is 39.8. The first kappa shape index (κ1) is 58.1. The summed E-state index contributed by atoms with van der Waals surface area (Å²) in [5, 5.41) is 0. The Hall–Kier alpha value is -3.93. The summed E-state index contributed by atoms with van der Waals surface area (Å²) in [5.74, 6) is -0.993. The van der Waals surface area contributed by atoms with E-state index in [0.717, 1.165) is 122 Å². The van der Waals surface area contributed by atoms with Gasteiger partial charge in [-0.05, 0) is 96.3 Å². The minimum absolute atomic E-state index is 0.103. The average molecular weight is 859 g/mol. The van der Waals surface area contributed by atoms with E-state index in [2.05, 4.69) is 130 Å². The molecular weight excluding hydrogens is 769 g/mol. The van der Waals surface area contributed by atoms with Crippen molar-refractivity contribution < 1.29 is 28.6 Å². The van der Waals surface area contributed by atoms with Gasteiger partial charge in [-0.15, -0.1) is 0 Å². The third kappa shape index (κ3) is 47.1. The topological polar surface area (TPSA) is 78.9 Å². The Kier molecular flexibility index (Phi) is 46.6. The van der Waals surface area contributed by atoms with Crippen LogP contribution in [0.3, 0.4) is 0 Å². The van der Waals surface area contributed by atoms with Crippen molar-refractivity contribution in [1.29, 1.82) is 0 Å². The van der Waals surface area contributed by atoms with E-state index in [0.29, 0.717) is 19.3 Å². The molecule has 1 unspecified atom stereocenters. The molecule has 0 heterocycles. The van der Waals surface area contributed by atoms with Gasteiger partial charge in [0.05, 0.1) is 0 Å². The zero-order chi connectivity index (χ0) is 45.1. The van der Waals surface area contributed by atoms with Crippen LogP contribution in [0.2, 0.25) is 0 Å². The zero-order valence-electron chi connectivity index (χ0n) is 39.8. The average Bonchev–Trinajstić information content (AvgIpc) is 3.27. The first-order valence-corrected chi connectivity index (χ1v) is 24.9. The van der Waals surface area contributed by atoms with E-state index in [1.807, 2.05) is 0 Å². The molecule has 6 heteroatoms. The second-order valence-electron chi connectivity index (χ2n) is 16.0. The molecular formula is C56H90O6. The summed E-state index contributed by atoms with van der Waals surface area (Å²) in [4.78, 5) is 37.8. The number of allylic oxidation sites excluding steroid dienone is 18. The van der Waals surface area contributed by atoms with E-state index in [1.165, 1.54) is 38.5 Å². The van der Waals surface area contributed by atoms with Crippen LogP contribution in [-0.2, 0) is 28.6 Å². The minimum Gasteiger partial charge on any atom is -0.462 e. The predicted molar refractivity (Wildman–Crippen MR) is 265 cm³/mol. The highest BCUT2D eigenvalue weighted by Gasteiger charge is 2.19. The number of esters is 3. The number of rotatable bonds is 43. The Morgan fingerprint density at radius 3 is 1.11 bits per heavy atom. The maximum Gasteiger partial charge on any atom is 0.306 e. The number of hydrogen-bond donors (Lipinski definition) is 0. The molecule has 0 fully saturated rings. The van der Waals surface area contributed by atoms with Crippen molar-refractivity contribution in [2.45, 2.75) is 213 Å². The van der Waals surface area contributed by atoms with Crippen LogP contribution in [-0.4, -0.2) is 37.2 Å². The van der Waals surface area contributed by atoms with Gasteiger partial charge in [-0.3, -0.25) is 14.4 Å². The SMILES string of the molecule is CC/C=C\C/C=C\C/C=C\C/C=C\C/C=C\C/C=C\C/C=C\CCCC(=O)OCC(COC(=O)CCCCCCCCCC)OC(=O)CCCCCCC/C=C\C/C=C\CCC. The van der Waals surface area contributed by atoms with E-state index in [4.69, 9.17) is 14.2 Å². The van der Waals surface area contributed by atoms with Gasteiger partial charge >= 0.3 is 17.9 Å². The molecule has 0 rings (SSSR count). The van der Waals surface area contributed by atoms with Gasteiger partial charge in [-0.2, -0.15) is 0 Å². The third-order valence-electron chi connectivity index (χ3n) is 9.99. The summed E-state index contributed by atoms with van der Waals surface area (Å²) in [5.41, 5.74) is 0. The highest BCUT2D eigenvalue weighted by Crippen LogP contribution is 2.12. The van der Waals surface area contributed by atoms with E-state index in [-0.39, 0.29) is 37.5 Å². The monoisotopic (exact) mass is 859 g/mol. The second kappa shape index (κ2) is 49.7. The normalized spacial score (nSPS) is 13.0. The molecule has 62 heavy (non-hydrogen) atoms. The maximum absolute atomic E-state index is 12.7. The first-order chi connectivity index (χ1) is 30.5. The Bertz CT molecular complexity index is 1310. The summed E-state index contributed by atoms with van der Waals surface area (Å²) in [6.07, 6.45) is 66.6. The Morgan fingerprint density at radius 1 is 0.339 bits per heavy atom. The molecule has 1 atom stereocenters. The Morgan fingerprint density at radius 2 is 0.677 bits per heavy atom. The molecule has 0 amide bonds. The number of ether oxygens (including phenoxy) is 3. The van der Waals surface area contributed by atoms with E-state index >= 15 is 0 Å². The van der Waals surface area contributed by atoms with Crippen LogP contribution >= 0.6 is 0 Å². The molecule has 0 aromatic rings. The van der Waals surface area contributed by atoms with Crippen molar-refractivity contribution >= 4 is 17.9 Å². The lowest BCUT2D eigenvalue weighted by molar-refractivity contribution is -0.167. The molecule has 6 nitrogen and oxygen atoms in total. The summed E-state index contributed by atoms with van der Waals surface area (Å²) in [7, 11) is 0. The van der Waals surface area contributed by atoms with E-state index in [1.54, 1.807) is 0 Å². The second-order valence-corrected chi connectivity index (χ2v) is 16.0. The lowest BCUT2D eigenvalue weighted by Gasteiger charge is -2.18. The Labute approximate surface area is 380 Å². The molecule has 0 bridgehead atoms. The molecule has 0 N–H and O–H groups in total. The first-order valence-electron chi connectivity index (χ1n) is 24.9. The van der Waals surface area contributed by atoms with Gasteiger partial charge in [0.1, 0.15) is 13.2 Å². The number of hydrogen-bond acceptors (Lipinski definition) is 6. The fraction of sp³-hybridized carbons (Fsp3) is 0.625. The van der Waals surface area contributed by atoms with Crippen LogP contribution in [0.15, 0.2) is 109 Å². The van der Waals surface area contributed by atoms with Crippen LogP contribution in [0.4, 0.5) is 0 Å². The molecule has 0 aliphatic carbocycles. The molecule has 0 aliphatic rings. The van der Waals surface area contributed by atoms with E-state index < -0.39 is 6.10 Å². The van der Waals surface area contributed by atoms with Gasteiger partial charge in [0.15, 0.2) is 6.10 Å². The predicted octanol–water partition coefficient (Wildman–Crippen LogP) is 16.4. The van der Waals surface area contributed by atoms with Gasteiger partial charge in [0.25, 0.3) is 0 Å². The molecule has 0 saturated carbocycles. The van der Waals surface area contributed by atoms with Crippen molar-refractivity contribution in [3.8, 4) is 0 Å². The van der Waals surface area contributed by atoms with Crippen molar-refractivity contribution in [2.75, 3.05) is 13.2 Å². The summed E-state index contributed by atoms with van der Waals surface area (Å²) >= 11 is 0. The van der Waals surface area contributed by atoms with Crippen molar-refractivity contribution in [3.63, 3.8) is 0 Å². The number of carbonyl (C=O) groups is 3. The summed E-state index contributed by atoms with van der Waals surface area (Å²) in [6.45, 7) is 6.34. The van der Waals surface area contributed by atoms with Crippen LogP contribution in [0.1, 0.15) is 207 Å². The molecule has 0 radical (unpaired) electrons. The van der Waals surface area contributed by atoms with Crippen molar-refractivity contribution in [1.82, 2.24) is 0 Å². The maximum atomic E-state index is 12.7. The van der Waals surface area contributed by atoms with Crippen LogP contribution < -0.4 is 0 Å². The quantitative estimate of drug-likeness (QED) is 0.0263. The van der Waals surface area contributed by atoms with Gasteiger partial charge in [0, 0.05) is 19.3 Å². The minimum atomic E-state index is -0.807. The van der Waals surface area contributed by atoms with Gasteiger partial charge < -0.3 is 14.2 Å². The molecule has 0 saturated heterocycles. The molecule has 0 aromatic heterocycles. The third-order valence-corrected chi connectivity index (χ3v) is 9.99. The molecule has 0 aromatic carbocycles. The smallest absolute Gasteiger partial charge is 0.306 e. The number of unbranched alkanes of at least 4 members (excludes halogenated alkanes) is 14. The molecule has 350 valence electrons. The fourth-order valence-corrected chi connectivity index (χ4v) is 6.29. The largest absolute Gasteiger partial charge is 0.462 e. The van der Waals surface area contributed by atoms with Crippen LogP contribution in [0, 0.1) is 0 Å². The molecule has 0 aliphatic heterocycles.